The predicted molar refractivity (Wildman–Crippen MR) is 88.9 cm³/mol. The van der Waals surface area contributed by atoms with Crippen molar-refractivity contribution in [3.8, 4) is 17.2 Å². The molecule has 0 saturated carbocycles. The zero-order chi connectivity index (χ0) is 15.7. The Morgan fingerprint density at radius 1 is 1.14 bits per heavy atom. The Morgan fingerprint density at radius 3 is 2.50 bits per heavy atom. The molecule has 2 aromatic carbocycles. The topological polar surface area (TPSA) is 49.2 Å². The Bertz CT molecular complexity index is 797. The average molecular weight is 362 g/mol. The molecule has 1 heterocycles. The molecule has 22 heavy (non-hydrogen) atoms. The van der Waals surface area contributed by atoms with Crippen LogP contribution in [-0.4, -0.2) is 28.2 Å². The summed E-state index contributed by atoms with van der Waals surface area (Å²) in [5.41, 5.74) is 2.61. The van der Waals surface area contributed by atoms with Gasteiger partial charge in [0.25, 0.3) is 0 Å². The molecule has 0 unspecified atom stereocenters. The van der Waals surface area contributed by atoms with Crippen molar-refractivity contribution in [2.24, 2.45) is 0 Å². The number of benzene rings is 2. The molecule has 0 aliphatic carbocycles. The molecule has 0 bridgehead atoms. The van der Waals surface area contributed by atoms with Crippen LogP contribution in [-0.2, 0) is 0 Å². The largest absolute Gasteiger partial charge is 0.495 e. The van der Waals surface area contributed by atoms with Gasteiger partial charge in [-0.1, -0.05) is 5.21 Å². The van der Waals surface area contributed by atoms with Crippen LogP contribution in [0.5, 0.6) is 11.5 Å². The summed E-state index contributed by atoms with van der Waals surface area (Å²) in [6, 6.07) is 11.6. The van der Waals surface area contributed by atoms with Crippen molar-refractivity contribution in [3.63, 3.8) is 0 Å². The Hall–Kier alpha value is -2.08. The standard InChI is InChI=1S/C16H16BrN3O2/c1-10(2)22-12-6-4-11(5-7-12)20-15-8-13(17)16(21-3)9-14(15)18-19-20/h4-10H,1-3H3. The van der Waals surface area contributed by atoms with E-state index in [4.69, 9.17) is 9.47 Å². The fourth-order valence-corrected chi connectivity index (χ4v) is 2.70. The summed E-state index contributed by atoms with van der Waals surface area (Å²) in [5, 5.41) is 8.42. The molecular weight excluding hydrogens is 346 g/mol. The number of nitrogens with zero attached hydrogens (tertiary/aromatic N) is 3. The first-order valence-corrected chi connectivity index (χ1v) is 7.74. The molecule has 0 saturated heterocycles. The second-order valence-electron chi connectivity index (χ2n) is 5.14. The minimum absolute atomic E-state index is 0.154. The third-order valence-electron chi connectivity index (χ3n) is 3.17. The van der Waals surface area contributed by atoms with Crippen LogP contribution in [0.1, 0.15) is 13.8 Å². The van der Waals surface area contributed by atoms with E-state index >= 15 is 0 Å². The third-order valence-corrected chi connectivity index (χ3v) is 3.79. The molecule has 0 fully saturated rings. The van der Waals surface area contributed by atoms with Crippen LogP contribution < -0.4 is 9.47 Å². The van der Waals surface area contributed by atoms with Gasteiger partial charge in [0, 0.05) is 6.07 Å². The molecule has 0 N–H and O–H groups in total. The summed E-state index contributed by atoms with van der Waals surface area (Å²) < 4.78 is 13.6. The van der Waals surface area contributed by atoms with E-state index in [1.807, 2.05) is 50.2 Å². The lowest BCUT2D eigenvalue weighted by molar-refractivity contribution is 0.242. The van der Waals surface area contributed by atoms with Gasteiger partial charge in [-0.05, 0) is 60.1 Å². The number of ether oxygens (including phenoxy) is 2. The number of methoxy groups -OCH3 is 1. The number of hydrogen-bond acceptors (Lipinski definition) is 4. The summed E-state index contributed by atoms with van der Waals surface area (Å²) >= 11 is 3.49. The summed E-state index contributed by atoms with van der Waals surface area (Å²) in [7, 11) is 1.63. The average Bonchev–Trinajstić information content (AvgIpc) is 2.89. The highest BCUT2D eigenvalue weighted by molar-refractivity contribution is 9.10. The highest BCUT2D eigenvalue weighted by Gasteiger charge is 2.11. The van der Waals surface area contributed by atoms with Gasteiger partial charge in [0.2, 0.25) is 0 Å². The van der Waals surface area contributed by atoms with E-state index in [1.165, 1.54) is 0 Å². The first-order chi connectivity index (χ1) is 10.6. The van der Waals surface area contributed by atoms with E-state index in [0.717, 1.165) is 32.7 Å². The van der Waals surface area contributed by atoms with E-state index in [-0.39, 0.29) is 6.10 Å². The molecule has 3 rings (SSSR count). The quantitative estimate of drug-likeness (QED) is 0.705. The molecule has 0 amide bonds. The molecule has 114 valence electrons. The second kappa shape index (κ2) is 5.96. The molecule has 1 aromatic heterocycles. The first kappa shape index (κ1) is 14.8. The van der Waals surface area contributed by atoms with Gasteiger partial charge >= 0.3 is 0 Å². The van der Waals surface area contributed by atoms with Crippen molar-refractivity contribution in [2.75, 3.05) is 7.11 Å². The van der Waals surface area contributed by atoms with Crippen LogP contribution in [0.3, 0.4) is 0 Å². The van der Waals surface area contributed by atoms with Crippen molar-refractivity contribution < 1.29 is 9.47 Å². The molecule has 5 nitrogen and oxygen atoms in total. The zero-order valence-electron chi connectivity index (χ0n) is 12.6. The van der Waals surface area contributed by atoms with E-state index in [1.54, 1.807) is 11.8 Å². The van der Waals surface area contributed by atoms with Gasteiger partial charge in [-0.2, -0.15) is 0 Å². The lowest BCUT2D eigenvalue weighted by Gasteiger charge is -2.10. The van der Waals surface area contributed by atoms with Gasteiger partial charge in [-0.3, -0.25) is 0 Å². The Labute approximate surface area is 137 Å². The first-order valence-electron chi connectivity index (χ1n) is 6.94. The lowest BCUT2D eigenvalue weighted by Crippen LogP contribution is -2.05. The minimum Gasteiger partial charge on any atom is -0.495 e. The van der Waals surface area contributed by atoms with Crippen molar-refractivity contribution in [2.45, 2.75) is 20.0 Å². The van der Waals surface area contributed by atoms with E-state index in [9.17, 15) is 0 Å². The van der Waals surface area contributed by atoms with Crippen LogP contribution in [0.2, 0.25) is 0 Å². The van der Waals surface area contributed by atoms with Gasteiger partial charge in [0.05, 0.1) is 28.9 Å². The van der Waals surface area contributed by atoms with Crippen LogP contribution in [0.25, 0.3) is 16.7 Å². The number of rotatable bonds is 4. The molecule has 0 atom stereocenters. The Kier molecular flexibility index (Phi) is 4.02. The number of hydrogen-bond donors (Lipinski definition) is 0. The third kappa shape index (κ3) is 2.78. The number of fused-ring (bicyclic) bond motifs is 1. The molecule has 0 aliphatic heterocycles. The number of aromatic nitrogens is 3. The van der Waals surface area contributed by atoms with Gasteiger partial charge in [0.1, 0.15) is 17.0 Å². The summed E-state index contributed by atoms with van der Waals surface area (Å²) in [5.74, 6) is 1.58. The summed E-state index contributed by atoms with van der Waals surface area (Å²) in [4.78, 5) is 0. The van der Waals surface area contributed by atoms with E-state index < -0.39 is 0 Å². The molecule has 6 heteroatoms. The highest BCUT2D eigenvalue weighted by Crippen LogP contribution is 2.30. The van der Waals surface area contributed by atoms with Crippen molar-refractivity contribution >= 4 is 27.0 Å². The number of halogens is 1. The fourth-order valence-electron chi connectivity index (χ4n) is 2.21. The highest BCUT2D eigenvalue weighted by atomic mass is 79.9. The van der Waals surface area contributed by atoms with Crippen LogP contribution >= 0.6 is 15.9 Å². The smallest absolute Gasteiger partial charge is 0.135 e. The Morgan fingerprint density at radius 2 is 1.86 bits per heavy atom. The van der Waals surface area contributed by atoms with Crippen LogP contribution in [0, 0.1) is 0 Å². The summed E-state index contributed by atoms with van der Waals surface area (Å²) in [6.07, 6.45) is 0.154. The minimum atomic E-state index is 0.154. The fraction of sp³-hybridized carbons (Fsp3) is 0.250. The molecule has 0 radical (unpaired) electrons. The van der Waals surface area contributed by atoms with Crippen LogP contribution in [0.4, 0.5) is 0 Å². The maximum atomic E-state index is 5.65. The SMILES string of the molecule is COc1cc2nnn(-c3ccc(OC(C)C)cc3)c2cc1Br. The van der Waals surface area contributed by atoms with Crippen molar-refractivity contribution in [3.05, 3.63) is 40.9 Å². The monoisotopic (exact) mass is 361 g/mol. The van der Waals surface area contributed by atoms with Gasteiger partial charge in [-0.25, -0.2) is 4.68 Å². The lowest BCUT2D eigenvalue weighted by atomic mass is 10.2. The maximum Gasteiger partial charge on any atom is 0.135 e. The molecular formula is C16H16BrN3O2. The maximum absolute atomic E-state index is 5.65. The van der Waals surface area contributed by atoms with Gasteiger partial charge in [0.15, 0.2) is 0 Å². The second-order valence-corrected chi connectivity index (χ2v) is 5.99. The summed E-state index contributed by atoms with van der Waals surface area (Å²) in [6.45, 7) is 4.01. The molecule has 3 aromatic rings. The molecule has 0 aliphatic rings. The van der Waals surface area contributed by atoms with Crippen LogP contribution in [0.15, 0.2) is 40.9 Å². The van der Waals surface area contributed by atoms with Crippen molar-refractivity contribution in [1.82, 2.24) is 15.0 Å². The van der Waals surface area contributed by atoms with Gasteiger partial charge in [-0.15, -0.1) is 5.10 Å². The molecule has 0 spiro atoms. The van der Waals surface area contributed by atoms with E-state index in [2.05, 4.69) is 26.2 Å². The Balaban J connectivity index is 2.01. The zero-order valence-corrected chi connectivity index (χ0v) is 14.2. The van der Waals surface area contributed by atoms with Crippen molar-refractivity contribution in [1.29, 1.82) is 0 Å². The van der Waals surface area contributed by atoms with Gasteiger partial charge < -0.3 is 9.47 Å². The normalized spacial score (nSPS) is 11.1. The van der Waals surface area contributed by atoms with E-state index in [0.29, 0.717) is 0 Å². The predicted octanol–water partition coefficient (Wildman–Crippen LogP) is 3.98.